The van der Waals surface area contributed by atoms with Crippen molar-refractivity contribution < 1.29 is 38.9 Å². The fraction of sp³-hybridized carbons (Fsp3) is 0. The molecule has 0 amide bonds. The number of hydrogen-bond acceptors (Lipinski definition) is 2. The van der Waals surface area contributed by atoms with Crippen LogP contribution in [0.5, 0.6) is 0 Å². The molecule has 0 aliphatic carbocycles. The number of rotatable bonds is 4. The Bertz CT molecular complexity index is 792. The summed E-state index contributed by atoms with van der Waals surface area (Å²) in [7, 11) is -19.7. The first kappa shape index (κ1) is 20.4. The van der Waals surface area contributed by atoms with Crippen molar-refractivity contribution in [1.82, 2.24) is 0 Å². The lowest BCUT2D eigenvalue weighted by molar-refractivity contribution is 0.360. The molecule has 2 rings (SSSR count). The Hall–Kier alpha value is -1.96. The van der Waals surface area contributed by atoms with E-state index in [1.54, 1.807) is 0 Å². The fourth-order valence-electron chi connectivity index (χ4n) is 1.66. The molecule has 148 valence electrons. The predicted octanol–water partition coefficient (Wildman–Crippen LogP) is 9.42. The van der Waals surface area contributed by atoms with Gasteiger partial charge in [0, 0.05) is 0 Å². The minimum absolute atomic E-state index is 0.0765. The predicted molar refractivity (Wildman–Crippen MR) is 79.9 cm³/mol. The molecule has 0 N–H and O–H groups in total. The number of hydrogen-bond donors (Lipinski definition) is 0. The van der Waals surface area contributed by atoms with Crippen molar-refractivity contribution in [2.45, 2.75) is 9.79 Å². The van der Waals surface area contributed by atoms with Crippen LogP contribution in [0.1, 0.15) is 0 Å². The van der Waals surface area contributed by atoms with Crippen LogP contribution in [0.2, 0.25) is 0 Å². The summed E-state index contributed by atoms with van der Waals surface area (Å²) in [6.07, 6.45) is 0. The minimum atomic E-state index is -9.83. The fourth-order valence-corrected chi connectivity index (χ4v) is 2.96. The summed E-state index contributed by atoms with van der Waals surface area (Å²) in [5, 5.41) is 6.68. The molecule has 0 saturated heterocycles. The molecule has 0 heterocycles. The normalized spacial score (nSPS) is 18.7. The van der Waals surface area contributed by atoms with Gasteiger partial charge in [0.2, 0.25) is 0 Å². The van der Waals surface area contributed by atoms with Gasteiger partial charge in [-0.15, -0.1) is 0 Å². The van der Waals surface area contributed by atoms with E-state index in [1.165, 1.54) is 0 Å². The Morgan fingerprint density at radius 2 is 0.654 bits per heavy atom. The summed E-state index contributed by atoms with van der Waals surface area (Å²) >= 11 is 0. The quantitative estimate of drug-likeness (QED) is 0.338. The molecule has 0 bridgehead atoms. The van der Waals surface area contributed by atoms with E-state index in [2.05, 4.69) is 10.2 Å². The van der Waals surface area contributed by atoms with Crippen LogP contribution in [0.3, 0.4) is 0 Å². The molecule has 0 aromatic heterocycles. The highest BCUT2D eigenvalue weighted by Gasteiger charge is 2.66. The van der Waals surface area contributed by atoms with Crippen LogP contribution < -0.4 is 0 Å². The highest BCUT2D eigenvalue weighted by atomic mass is 32.5. The molecule has 2 nitrogen and oxygen atoms in total. The van der Waals surface area contributed by atoms with Gasteiger partial charge in [-0.05, 0) is 48.5 Å². The molecule has 26 heavy (non-hydrogen) atoms. The third-order valence-corrected chi connectivity index (χ3v) is 5.17. The van der Waals surface area contributed by atoms with Gasteiger partial charge in [-0.25, -0.2) is 0 Å². The largest absolute Gasteiger partial charge is 0.310 e. The number of benzene rings is 2. The molecule has 0 unspecified atom stereocenters. The Balaban J connectivity index is 2.24. The Labute approximate surface area is 140 Å². The first-order valence-corrected chi connectivity index (χ1v) is 10.1. The molecule has 0 fully saturated rings. The monoisotopic (exact) mass is 434 g/mol. The van der Waals surface area contributed by atoms with Crippen molar-refractivity contribution >= 4 is 31.8 Å². The van der Waals surface area contributed by atoms with Crippen LogP contribution in [0.25, 0.3) is 0 Å². The summed E-state index contributed by atoms with van der Waals surface area (Å²) in [6, 6.07) is 2.58. The van der Waals surface area contributed by atoms with E-state index >= 15 is 0 Å². The second-order valence-corrected chi connectivity index (χ2v) is 9.94. The van der Waals surface area contributed by atoms with E-state index in [0.29, 0.717) is 24.3 Å². The number of halogens is 10. The van der Waals surface area contributed by atoms with Crippen molar-refractivity contribution in [1.29, 1.82) is 0 Å². The molecule has 0 radical (unpaired) electrons. The van der Waals surface area contributed by atoms with Crippen molar-refractivity contribution in [2.75, 3.05) is 0 Å². The topological polar surface area (TPSA) is 24.7 Å². The molecular weight excluding hydrogens is 426 g/mol. The van der Waals surface area contributed by atoms with Crippen LogP contribution in [0.15, 0.2) is 68.6 Å². The zero-order valence-corrected chi connectivity index (χ0v) is 13.7. The van der Waals surface area contributed by atoms with Crippen molar-refractivity contribution in [2.24, 2.45) is 10.2 Å². The van der Waals surface area contributed by atoms with E-state index in [4.69, 9.17) is 0 Å². The first-order chi connectivity index (χ1) is 11.1. The first-order valence-electron chi connectivity index (χ1n) is 6.24. The summed E-state index contributed by atoms with van der Waals surface area (Å²) < 4.78 is 125. The smallest absolute Gasteiger partial charge is 0.151 e. The summed E-state index contributed by atoms with van der Waals surface area (Å²) in [5.74, 6) is 0. The molecule has 14 heteroatoms. The van der Waals surface area contributed by atoms with Crippen molar-refractivity contribution in [3.8, 4) is 0 Å². The van der Waals surface area contributed by atoms with Crippen molar-refractivity contribution in [3.63, 3.8) is 0 Å². The lowest BCUT2D eigenvalue weighted by Gasteiger charge is -2.40. The van der Waals surface area contributed by atoms with Crippen LogP contribution in [0.4, 0.5) is 50.2 Å². The number of azo groups is 1. The number of nitrogens with zero attached hydrogens (tertiary/aromatic N) is 2. The molecule has 2 aromatic rings. The van der Waals surface area contributed by atoms with E-state index < -0.39 is 30.2 Å². The van der Waals surface area contributed by atoms with Gasteiger partial charge in [0.05, 0.1) is 11.4 Å². The maximum Gasteiger partial charge on any atom is 0.310 e. The molecule has 2 aromatic carbocycles. The third-order valence-electron chi connectivity index (χ3n) is 2.85. The van der Waals surface area contributed by atoms with Gasteiger partial charge < -0.3 is 0 Å². The Kier molecular flexibility index (Phi) is 3.50. The van der Waals surface area contributed by atoms with E-state index in [9.17, 15) is 38.9 Å². The average Bonchev–Trinajstić information content (AvgIpc) is 2.41. The standard InChI is InChI=1S/C12H8F10N2S2/c13-25(14,15,16,17)11-5-1-9(2-6-11)23-24-10-3-7-12(8-4-10)26(18,19,20,21)22/h1-8H. The molecule has 0 spiro atoms. The second-order valence-electron chi connectivity index (χ2n) is 5.13. The van der Waals surface area contributed by atoms with E-state index in [1.807, 2.05) is 0 Å². The van der Waals surface area contributed by atoms with Crippen LogP contribution in [0, 0.1) is 0 Å². The highest BCUT2D eigenvalue weighted by Crippen LogP contribution is 3.02. The second kappa shape index (κ2) is 4.47. The van der Waals surface area contributed by atoms with Gasteiger partial charge in [-0.2, -0.15) is 10.2 Å². The van der Waals surface area contributed by atoms with Crippen LogP contribution in [-0.2, 0) is 0 Å². The Morgan fingerprint density at radius 1 is 0.423 bits per heavy atom. The molecule has 0 aliphatic rings. The zero-order valence-electron chi connectivity index (χ0n) is 12.1. The maximum atomic E-state index is 12.5. The van der Waals surface area contributed by atoms with E-state index in [-0.39, 0.29) is 35.6 Å². The SMILES string of the molecule is FS(F)(F)(F)(F)c1ccc(N=Nc2ccc(S(F)(F)(F)(F)F)cc2)cc1. The molecule has 0 saturated carbocycles. The molecule has 0 atom stereocenters. The van der Waals surface area contributed by atoms with E-state index in [0.717, 1.165) is 0 Å². The van der Waals surface area contributed by atoms with Gasteiger partial charge in [0.1, 0.15) is 9.79 Å². The summed E-state index contributed by atoms with van der Waals surface area (Å²) in [5.41, 5.74) is -0.625. The van der Waals surface area contributed by atoms with Crippen LogP contribution in [-0.4, -0.2) is 0 Å². The lowest BCUT2D eigenvalue weighted by atomic mass is 10.3. The molecular formula is C12H8F10N2S2. The average molecular weight is 434 g/mol. The summed E-state index contributed by atoms with van der Waals surface area (Å²) in [4.78, 5) is -4.30. The van der Waals surface area contributed by atoms with Crippen molar-refractivity contribution in [3.05, 3.63) is 48.5 Å². The van der Waals surface area contributed by atoms with Gasteiger partial charge >= 0.3 is 20.4 Å². The van der Waals surface area contributed by atoms with Gasteiger partial charge in [0.15, 0.2) is 0 Å². The van der Waals surface area contributed by atoms with Gasteiger partial charge in [0.25, 0.3) is 0 Å². The van der Waals surface area contributed by atoms with Crippen LogP contribution >= 0.6 is 20.4 Å². The lowest BCUT2D eigenvalue weighted by Crippen LogP contribution is -2.05. The van der Waals surface area contributed by atoms with Gasteiger partial charge in [-0.3, -0.25) is 0 Å². The van der Waals surface area contributed by atoms with Gasteiger partial charge in [-0.1, -0.05) is 38.9 Å². The highest BCUT2D eigenvalue weighted by molar-refractivity contribution is 8.46. The third kappa shape index (κ3) is 5.27. The summed E-state index contributed by atoms with van der Waals surface area (Å²) in [6.45, 7) is 0. The molecule has 0 aliphatic heterocycles. The zero-order chi connectivity index (χ0) is 20.2. The Morgan fingerprint density at radius 3 is 0.846 bits per heavy atom. The minimum Gasteiger partial charge on any atom is -0.151 e. The maximum absolute atomic E-state index is 12.5.